The number of aliphatic carboxylic acids is 1. The topological polar surface area (TPSA) is 95.0 Å². The van der Waals surface area contributed by atoms with Gasteiger partial charge in [-0.15, -0.1) is 0 Å². The Morgan fingerprint density at radius 3 is 2.23 bits per heavy atom. The van der Waals surface area contributed by atoms with Crippen LogP contribution in [0.1, 0.15) is 24.8 Å². The highest BCUT2D eigenvalue weighted by molar-refractivity contribution is 7.89. The number of carboxylic acids is 1. The zero-order valence-corrected chi connectivity index (χ0v) is 18.4. The lowest BCUT2D eigenvalue weighted by molar-refractivity contribution is -0.136. The normalized spacial score (nSPS) is 19.1. The van der Waals surface area contributed by atoms with E-state index in [2.05, 4.69) is 0 Å². The van der Waals surface area contributed by atoms with Crippen molar-refractivity contribution in [3.05, 3.63) is 59.1 Å². The molecule has 1 spiro atoms. The Kier molecular flexibility index (Phi) is 5.81. The number of hydrogen-bond donors (Lipinski definition) is 1. The van der Waals surface area contributed by atoms with Crippen LogP contribution in [-0.2, 0) is 26.0 Å². The van der Waals surface area contributed by atoms with E-state index < -0.39 is 21.4 Å². The van der Waals surface area contributed by atoms with Crippen molar-refractivity contribution >= 4 is 39.2 Å². The first kappa shape index (κ1) is 21.8. The van der Waals surface area contributed by atoms with Gasteiger partial charge in [0.05, 0.1) is 16.9 Å². The van der Waals surface area contributed by atoms with Crippen LogP contribution in [0.4, 0.5) is 5.69 Å². The van der Waals surface area contributed by atoms with Crippen LogP contribution in [-0.4, -0.2) is 49.3 Å². The van der Waals surface area contributed by atoms with Gasteiger partial charge in [-0.2, -0.15) is 4.31 Å². The largest absolute Gasteiger partial charge is 0.481 e. The summed E-state index contributed by atoms with van der Waals surface area (Å²) in [6.07, 6.45) is 1.53. The summed E-state index contributed by atoms with van der Waals surface area (Å²) in [4.78, 5) is 25.9. The molecule has 1 amide bonds. The molecule has 0 atom stereocenters. The Bertz CT molecular complexity index is 1110. The third kappa shape index (κ3) is 4.07. The molecule has 2 heterocycles. The predicted octanol–water partition coefficient (Wildman–Crippen LogP) is 3.17. The second-order valence-electron chi connectivity index (χ2n) is 8.06. The molecule has 1 N–H and O–H groups in total. The van der Waals surface area contributed by atoms with Crippen molar-refractivity contribution in [3.8, 4) is 0 Å². The summed E-state index contributed by atoms with van der Waals surface area (Å²) in [5.74, 6) is -0.893. The molecule has 2 aromatic carbocycles. The first-order valence-electron chi connectivity index (χ1n) is 10.1. The number of carbonyl (C=O) groups excluding carboxylic acids is 1. The molecule has 2 aromatic rings. The van der Waals surface area contributed by atoms with Crippen LogP contribution in [0.2, 0.25) is 5.02 Å². The van der Waals surface area contributed by atoms with Gasteiger partial charge < -0.3 is 10.0 Å². The molecule has 0 bridgehead atoms. The fourth-order valence-electron chi connectivity index (χ4n) is 4.45. The van der Waals surface area contributed by atoms with Gasteiger partial charge in [0.15, 0.2) is 0 Å². The maximum atomic E-state index is 13.3. The first-order valence-corrected chi connectivity index (χ1v) is 11.9. The van der Waals surface area contributed by atoms with Crippen LogP contribution in [0.15, 0.2) is 53.4 Å². The van der Waals surface area contributed by atoms with Crippen LogP contribution in [0.25, 0.3) is 0 Å². The lowest BCUT2D eigenvalue weighted by atomic mass is 9.77. The van der Waals surface area contributed by atoms with E-state index in [9.17, 15) is 18.0 Å². The molecule has 2 saturated heterocycles. The zero-order chi connectivity index (χ0) is 22.2. The molecule has 9 heteroatoms. The molecule has 164 valence electrons. The van der Waals surface area contributed by atoms with Gasteiger partial charge >= 0.3 is 5.97 Å². The molecule has 0 unspecified atom stereocenters. The SMILES string of the molecule is O=C(O)Cc1ccc(N2CCC3(CCN(S(=O)(=O)c4ccccc4Cl)CC3)C2=O)cc1. The minimum absolute atomic E-state index is 0.00766. The molecule has 0 radical (unpaired) electrons. The summed E-state index contributed by atoms with van der Waals surface area (Å²) in [5.41, 5.74) is 0.851. The zero-order valence-electron chi connectivity index (χ0n) is 16.8. The van der Waals surface area contributed by atoms with E-state index in [4.69, 9.17) is 16.7 Å². The fraction of sp³-hybridized carbons (Fsp3) is 0.364. The van der Waals surface area contributed by atoms with E-state index in [1.54, 1.807) is 47.4 Å². The average molecular weight is 463 g/mol. The van der Waals surface area contributed by atoms with Crippen LogP contribution < -0.4 is 4.90 Å². The third-order valence-corrected chi connectivity index (χ3v) is 8.65. The second kappa shape index (κ2) is 8.26. The van der Waals surface area contributed by atoms with Crippen LogP contribution in [0.5, 0.6) is 0 Å². The standard InChI is InChI=1S/C22H23ClN2O5S/c23-18-3-1-2-4-19(18)31(29,30)24-12-9-22(10-13-24)11-14-25(21(22)28)17-7-5-16(6-8-17)15-20(26)27/h1-8H,9-15H2,(H,26,27). The maximum absolute atomic E-state index is 13.3. The van der Waals surface area contributed by atoms with Gasteiger partial charge in [-0.1, -0.05) is 35.9 Å². The Labute approximate surface area is 186 Å². The first-order chi connectivity index (χ1) is 14.7. The predicted molar refractivity (Wildman–Crippen MR) is 117 cm³/mol. The van der Waals surface area contributed by atoms with Gasteiger partial charge in [0.2, 0.25) is 15.9 Å². The second-order valence-corrected chi connectivity index (χ2v) is 10.4. The fourth-order valence-corrected chi connectivity index (χ4v) is 6.38. The van der Waals surface area contributed by atoms with Crippen molar-refractivity contribution in [2.45, 2.75) is 30.6 Å². The van der Waals surface area contributed by atoms with Crippen LogP contribution in [0.3, 0.4) is 0 Å². The number of amides is 1. The van der Waals surface area contributed by atoms with Crippen molar-refractivity contribution < 1.29 is 23.1 Å². The molecule has 7 nitrogen and oxygen atoms in total. The van der Waals surface area contributed by atoms with E-state index in [1.807, 2.05) is 0 Å². The average Bonchev–Trinajstić information content (AvgIpc) is 3.04. The monoisotopic (exact) mass is 462 g/mol. The molecule has 0 saturated carbocycles. The quantitative estimate of drug-likeness (QED) is 0.736. The van der Waals surface area contributed by atoms with E-state index in [1.165, 1.54) is 10.4 Å². The van der Waals surface area contributed by atoms with Gasteiger partial charge in [-0.25, -0.2) is 8.42 Å². The lowest BCUT2D eigenvalue weighted by Crippen LogP contribution is -2.46. The van der Waals surface area contributed by atoms with Crippen molar-refractivity contribution in [1.82, 2.24) is 4.31 Å². The number of anilines is 1. The molecule has 31 heavy (non-hydrogen) atoms. The summed E-state index contributed by atoms with van der Waals surface area (Å²) < 4.78 is 27.4. The molecule has 0 aliphatic carbocycles. The summed E-state index contributed by atoms with van der Waals surface area (Å²) in [5, 5.41) is 9.10. The Morgan fingerprint density at radius 1 is 1.00 bits per heavy atom. The molecule has 4 rings (SSSR count). The molecule has 2 aliphatic heterocycles. The summed E-state index contributed by atoms with van der Waals surface area (Å²) in [6, 6.07) is 13.4. The van der Waals surface area contributed by atoms with Gasteiger partial charge in [0.25, 0.3) is 0 Å². The minimum atomic E-state index is -3.71. The lowest BCUT2D eigenvalue weighted by Gasteiger charge is -2.37. The summed E-state index contributed by atoms with van der Waals surface area (Å²) in [7, 11) is -3.71. The van der Waals surface area contributed by atoms with Crippen molar-refractivity contribution in [3.63, 3.8) is 0 Å². The molecule has 2 aliphatic rings. The number of rotatable bonds is 5. The van der Waals surface area contributed by atoms with E-state index in [0.29, 0.717) is 31.4 Å². The maximum Gasteiger partial charge on any atom is 0.307 e. The van der Waals surface area contributed by atoms with Crippen molar-refractivity contribution in [2.75, 3.05) is 24.5 Å². The number of nitrogens with zero attached hydrogens (tertiary/aromatic N) is 2. The van der Waals surface area contributed by atoms with Gasteiger partial charge in [0.1, 0.15) is 4.90 Å². The highest BCUT2D eigenvalue weighted by Crippen LogP contribution is 2.44. The number of piperidine rings is 1. The van der Waals surface area contributed by atoms with Crippen molar-refractivity contribution in [1.29, 1.82) is 0 Å². The number of halogens is 1. The Hall–Kier alpha value is -2.42. The third-order valence-electron chi connectivity index (χ3n) is 6.25. The number of sulfonamides is 1. The Balaban J connectivity index is 1.46. The summed E-state index contributed by atoms with van der Waals surface area (Å²) in [6.45, 7) is 1.10. The molecular formula is C22H23ClN2O5S. The van der Waals surface area contributed by atoms with E-state index in [-0.39, 0.29) is 35.3 Å². The highest BCUT2D eigenvalue weighted by atomic mass is 35.5. The smallest absolute Gasteiger partial charge is 0.307 e. The number of carboxylic acid groups (broad SMARTS) is 1. The van der Waals surface area contributed by atoms with Crippen LogP contribution >= 0.6 is 11.6 Å². The van der Waals surface area contributed by atoms with Crippen LogP contribution in [0, 0.1) is 5.41 Å². The molecule has 2 fully saturated rings. The number of hydrogen-bond acceptors (Lipinski definition) is 4. The van der Waals surface area contributed by atoms with E-state index >= 15 is 0 Å². The Morgan fingerprint density at radius 2 is 1.61 bits per heavy atom. The van der Waals surface area contributed by atoms with Gasteiger partial charge in [-0.3, -0.25) is 9.59 Å². The molecule has 0 aromatic heterocycles. The summed E-state index contributed by atoms with van der Waals surface area (Å²) >= 11 is 6.10. The number of carbonyl (C=O) groups is 2. The van der Waals surface area contributed by atoms with E-state index in [0.717, 1.165) is 5.69 Å². The highest BCUT2D eigenvalue weighted by Gasteiger charge is 2.50. The number of benzene rings is 2. The van der Waals surface area contributed by atoms with Gasteiger partial charge in [0, 0.05) is 25.3 Å². The molecular weight excluding hydrogens is 440 g/mol. The van der Waals surface area contributed by atoms with Crippen molar-refractivity contribution in [2.24, 2.45) is 5.41 Å². The van der Waals surface area contributed by atoms with Gasteiger partial charge in [-0.05, 0) is 49.1 Å². The minimum Gasteiger partial charge on any atom is -0.481 e.